The SMILES string of the molecule is COc1ccccc1CC(NC(=O)c1ccc(C(=O)O)nc1)C(C)C. The van der Waals surface area contributed by atoms with E-state index in [1.807, 2.05) is 38.1 Å². The Morgan fingerprint density at radius 3 is 2.48 bits per heavy atom. The van der Waals surface area contributed by atoms with Crippen molar-refractivity contribution in [1.82, 2.24) is 10.3 Å². The number of pyridine rings is 1. The average molecular weight is 342 g/mol. The second kappa shape index (κ2) is 8.28. The lowest BCUT2D eigenvalue weighted by Gasteiger charge is -2.23. The van der Waals surface area contributed by atoms with Crippen molar-refractivity contribution in [3.63, 3.8) is 0 Å². The van der Waals surface area contributed by atoms with Crippen LogP contribution in [0.25, 0.3) is 0 Å². The fraction of sp³-hybridized carbons (Fsp3) is 0.316. The molecule has 0 spiro atoms. The van der Waals surface area contributed by atoms with E-state index in [0.29, 0.717) is 12.0 Å². The van der Waals surface area contributed by atoms with E-state index in [9.17, 15) is 9.59 Å². The minimum absolute atomic E-state index is 0.0917. The van der Waals surface area contributed by atoms with Gasteiger partial charge in [0, 0.05) is 12.2 Å². The molecule has 2 N–H and O–H groups in total. The summed E-state index contributed by atoms with van der Waals surface area (Å²) in [6.07, 6.45) is 1.91. The summed E-state index contributed by atoms with van der Waals surface area (Å²) in [7, 11) is 1.62. The quantitative estimate of drug-likeness (QED) is 0.808. The zero-order valence-electron chi connectivity index (χ0n) is 14.5. The van der Waals surface area contributed by atoms with Gasteiger partial charge < -0.3 is 15.2 Å². The summed E-state index contributed by atoms with van der Waals surface area (Å²) < 4.78 is 5.37. The van der Waals surface area contributed by atoms with Crippen LogP contribution in [0.2, 0.25) is 0 Å². The minimum Gasteiger partial charge on any atom is -0.496 e. The molecule has 0 fully saturated rings. The number of carboxylic acids is 1. The number of para-hydroxylation sites is 1. The van der Waals surface area contributed by atoms with Gasteiger partial charge in [0.25, 0.3) is 5.91 Å². The first-order chi connectivity index (χ1) is 11.9. The standard InChI is InChI=1S/C19H22N2O4/c1-12(2)16(10-13-6-4-5-7-17(13)25-3)21-18(22)14-8-9-15(19(23)24)20-11-14/h4-9,11-12,16H,10H2,1-3H3,(H,21,22)(H,23,24). The normalized spacial score (nSPS) is 11.8. The van der Waals surface area contributed by atoms with Crippen molar-refractivity contribution < 1.29 is 19.4 Å². The predicted molar refractivity (Wildman–Crippen MR) is 94.0 cm³/mol. The Bertz CT molecular complexity index is 741. The van der Waals surface area contributed by atoms with E-state index in [4.69, 9.17) is 9.84 Å². The van der Waals surface area contributed by atoms with Gasteiger partial charge in [-0.2, -0.15) is 0 Å². The lowest BCUT2D eigenvalue weighted by molar-refractivity contribution is 0.0689. The largest absolute Gasteiger partial charge is 0.496 e. The number of aromatic carboxylic acids is 1. The van der Waals surface area contributed by atoms with Crippen LogP contribution in [0.4, 0.5) is 0 Å². The molecule has 1 amide bonds. The van der Waals surface area contributed by atoms with Crippen molar-refractivity contribution in [1.29, 1.82) is 0 Å². The number of ether oxygens (including phenoxy) is 1. The summed E-state index contributed by atoms with van der Waals surface area (Å²) in [5.74, 6) is -0.406. The molecule has 2 aromatic rings. The molecule has 0 saturated heterocycles. The van der Waals surface area contributed by atoms with Gasteiger partial charge in [-0.1, -0.05) is 32.0 Å². The number of nitrogens with one attached hydrogen (secondary N) is 1. The number of benzene rings is 1. The highest BCUT2D eigenvalue weighted by molar-refractivity contribution is 5.95. The lowest BCUT2D eigenvalue weighted by Crippen LogP contribution is -2.40. The highest BCUT2D eigenvalue weighted by Gasteiger charge is 2.20. The smallest absolute Gasteiger partial charge is 0.354 e. The second-order valence-corrected chi connectivity index (χ2v) is 6.08. The number of carbonyl (C=O) groups is 2. The molecule has 1 aromatic heterocycles. The molecule has 1 heterocycles. The Balaban J connectivity index is 2.13. The maximum absolute atomic E-state index is 12.5. The second-order valence-electron chi connectivity index (χ2n) is 6.08. The fourth-order valence-corrected chi connectivity index (χ4v) is 2.47. The number of carbonyl (C=O) groups excluding carboxylic acids is 1. The zero-order valence-corrected chi connectivity index (χ0v) is 14.5. The van der Waals surface area contributed by atoms with Crippen LogP contribution in [0.5, 0.6) is 5.75 Å². The molecule has 0 aliphatic heterocycles. The van der Waals surface area contributed by atoms with Gasteiger partial charge in [-0.3, -0.25) is 4.79 Å². The zero-order chi connectivity index (χ0) is 18.4. The van der Waals surface area contributed by atoms with Gasteiger partial charge in [0.15, 0.2) is 0 Å². The van der Waals surface area contributed by atoms with Gasteiger partial charge in [-0.15, -0.1) is 0 Å². The molecular formula is C19H22N2O4. The van der Waals surface area contributed by atoms with E-state index >= 15 is 0 Å². The van der Waals surface area contributed by atoms with Crippen molar-refractivity contribution in [2.45, 2.75) is 26.3 Å². The predicted octanol–water partition coefficient (Wildman–Crippen LogP) is 2.79. The van der Waals surface area contributed by atoms with E-state index < -0.39 is 5.97 Å². The molecule has 0 aliphatic carbocycles. The third-order valence-electron chi connectivity index (χ3n) is 4.00. The number of hydrogen-bond donors (Lipinski definition) is 2. The van der Waals surface area contributed by atoms with Crippen molar-refractivity contribution in [3.05, 3.63) is 59.4 Å². The van der Waals surface area contributed by atoms with E-state index in [2.05, 4.69) is 10.3 Å². The number of methoxy groups -OCH3 is 1. The monoisotopic (exact) mass is 342 g/mol. The Hall–Kier alpha value is -2.89. The van der Waals surface area contributed by atoms with Gasteiger partial charge >= 0.3 is 5.97 Å². The molecule has 25 heavy (non-hydrogen) atoms. The highest BCUT2D eigenvalue weighted by atomic mass is 16.5. The summed E-state index contributed by atoms with van der Waals surface area (Å²) >= 11 is 0. The molecule has 6 heteroatoms. The third kappa shape index (κ3) is 4.79. The summed E-state index contributed by atoms with van der Waals surface area (Å²) in [6, 6.07) is 10.4. The topological polar surface area (TPSA) is 88.5 Å². The maximum atomic E-state index is 12.5. The van der Waals surface area contributed by atoms with Gasteiger partial charge in [-0.25, -0.2) is 9.78 Å². The van der Waals surface area contributed by atoms with Crippen LogP contribution in [0.1, 0.15) is 40.3 Å². The molecule has 0 saturated carbocycles. The molecule has 0 aliphatic rings. The molecule has 6 nitrogen and oxygen atoms in total. The highest BCUT2D eigenvalue weighted by Crippen LogP contribution is 2.21. The van der Waals surface area contributed by atoms with Gasteiger partial charge in [0.2, 0.25) is 0 Å². The van der Waals surface area contributed by atoms with Crippen LogP contribution in [-0.2, 0) is 6.42 Å². The Labute approximate surface area is 146 Å². The molecule has 2 rings (SSSR count). The number of hydrogen-bond acceptors (Lipinski definition) is 4. The molecule has 132 valence electrons. The minimum atomic E-state index is -1.12. The number of amides is 1. The van der Waals surface area contributed by atoms with Crippen LogP contribution >= 0.6 is 0 Å². The van der Waals surface area contributed by atoms with Gasteiger partial charge in [0.1, 0.15) is 11.4 Å². The van der Waals surface area contributed by atoms with Crippen molar-refractivity contribution in [2.75, 3.05) is 7.11 Å². The number of rotatable bonds is 7. The molecule has 0 radical (unpaired) electrons. The molecule has 1 aromatic carbocycles. The van der Waals surface area contributed by atoms with E-state index in [1.165, 1.54) is 18.3 Å². The third-order valence-corrected chi connectivity index (χ3v) is 4.00. The van der Waals surface area contributed by atoms with E-state index in [1.54, 1.807) is 7.11 Å². The maximum Gasteiger partial charge on any atom is 0.354 e. The summed E-state index contributed by atoms with van der Waals surface area (Å²) in [5, 5.41) is 11.9. The summed E-state index contributed by atoms with van der Waals surface area (Å²) in [6.45, 7) is 4.07. The lowest BCUT2D eigenvalue weighted by atomic mass is 9.95. The molecule has 0 bridgehead atoms. The first-order valence-corrected chi connectivity index (χ1v) is 8.04. The first kappa shape index (κ1) is 18.4. The van der Waals surface area contributed by atoms with Crippen LogP contribution in [-0.4, -0.2) is 35.1 Å². The van der Waals surface area contributed by atoms with E-state index in [-0.39, 0.29) is 23.6 Å². The first-order valence-electron chi connectivity index (χ1n) is 8.04. The Morgan fingerprint density at radius 2 is 1.92 bits per heavy atom. The fourth-order valence-electron chi connectivity index (χ4n) is 2.47. The Morgan fingerprint density at radius 1 is 1.20 bits per heavy atom. The van der Waals surface area contributed by atoms with Crippen LogP contribution in [0, 0.1) is 5.92 Å². The Kier molecular flexibility index (Phi) is 6.11. The number of aromatic nitrogens is 1. The van der Waals surface area contributed by atoms with Crippen LogP contribution in [0.15, 0.2) is 42.6 Å². The van der Waals surface area contributed by atoms with Crippen molar-refractivity contribution in [2.24, 2.45) is 5.92 Å². The van der Waals surface area contributed by atoms with Crippen molar-refractivity contribution in [3.8, 4) is 5.75 Å². The van der Waals surface area contributed by atoms with Gasteiger partial charge in [0.05, 0.1) is 12.7 Å². The summed E-state index contributed by atoms with van der Waals surface area (Å²) in [4.78, 5) is 27.1. The van der Waals surface area contributed by atoms with Crippen LogP contribution < -0.4 is 10.1 Å². The van der Waals surface area contributed by atoms with Crippen LogP contribution in [0.3, 0.4) is 0 Å². The molecule has 1 unspecified atom stereocenters. The average Bonchev–Trinajstić information content (AvgIpc) is 2.61. The molecule has 1 atom stereocenters. The van der Waals surface area contributed by atoms with Crippen molar-refractivity contribution >= 4 is 11.9 Å². The molecular weight excluding hydrogens is 320 g/mol. The number of nitrogens with zero attached hydrogens (tertiary/aromatic N) is 1. The van der Waals surface area contributed by atoms with E-state index in [0.717, 1.165) is 11.3 Å². The summed E-state index contributed by atoms with van der Waals surface area (Å²) in [5.41, 5.74) is 1.25. The van der Waals surface area contributed by atoms with Gasteiger partial charge in [-0.05, 0) is 36.1 Å². The number of carboxylic acid groups (broad SMARTS) is 1.